The summed E-state index contributed by atoms with van der Waals surface area (Å²) in [6, 6.07) is 19.9. The number of piperazine rings is 1. The number of hydrogen-bond acceptors (Lipinski definition) is 3. The van der Waals surface area contributed by atoms with E-state index in [4.69, 9.17) is 0 Å². The van der Waals surface area contributed by atoms with Gasteiger partial charge in [-0.15, -0.1) is 0 Å². The molecule has 0 saturated carbocycles. The van der Waals surface area contributed by atoms with Crippen molar-refractivity contribution in [3.8, 4) is 0 Å². The highest BCUT2D eigenvalue weighted by atomic mass is 16.2. The SMILES string of the molecule is CCN(CC(=O)N1CCN(C(=O)C(C)(C)c2ccccc2)CC1)c1ccccc1. The molecule has 154 valence electrons. The van der Waals surface area contributed by atoms with E-state index in [1.807, 2.05) is 84.3 Å². The van der Waals surface area contributed by atoms with Crippen LogP contribution in [0.2, 0.25) is 0 Å². The summed E-state index contributed by atoms with van der Waals surface area (Å²) in [5.41, 5.74) is 1.51. The summed E-state index contributed by atoms with van der Waals surface area (Å²) in [7, 11) is 0. The van der Waals surface area contributed by atoms with Crippen molar-refractivity contribution in [2.75, 3.05) is 44.2 Å². The lowest BCUT2D eigenvalue weighted by atomic mass is 9.83. The van der Waals surface area contributed by atoms with Crippen LogP contribution in [0.15, 0.2) is 60.7 Å². The molecular formula is C24H31N3O2. The van der Waals surface area contributed by atoms with Crippen LogP contribution in [0.5, 0.6) is 0 Å². The molecule has 1 aliphatic heterocycles. The highest BCUT2D eigenvalue weighted by molar-refractivity contribution is 5.88. The Labute approximate surface area is 173 Å². The molecule has 0 atom stereocenters. The largest absolute Gasteiger partial charge is 0.362 e. The van der Waals surface area contributed by atoms with E-state index in [-0.39, 0.29) is 11.8 Å². The van der Waals surface area contributed by atoms with Gasteiger partial charge in [0.25, 0.3) is 0 Å². The van der Waals surface area contributed by atoms with Crippen LogP contribution in [0, 0.1) is 0 Å². The lowest BCUT2D eigenvalue weighted by Gasteiger charge is -2.39. The second kappa shape index (κ2) is 9.12. The van der Waals surface area contributed by atoms with Gasteiger partial charge in [-0.1, -0.05) is 48.5 Å². The first kappa shape index (κ1) is 20.9. The van der Waals surface area contributed by atoms with Gasteiger partial charge in [0.15, 0.2) is 0 Å². The molecule has 0 spiro atoms. The normalized spacial score (nSPS) is 14.6. The van der Waals surface area contributed by atoms with E-state index in [9.17, 15) is 9.59 Å². The van der Waals surface area contributed by atoms with Crippen LogP contribution in [0.25, 0.3) is 0 Å². The van der Waals surface area contributed by atoms with Crippen LogP contribution in [0.1, 0.15) is 26.3 Å². The summed E-state index contributed by atoms with van der Waals surface area (Å²) in [6.07, 6.45) is 0. The molecule has 5 heteroatoms. The number of benzene rings is 2. The van der Waals surface area contributed by atoms with Gasteiger partial charge in [0, 0.05) is 38.4 Å². The number of rotatable bonds is 6. The lowest BCUT2D eigenvalue weighted by molar-refractivity contribution is -0.142. The van der Waals surface area contributed by atoms with Crippen LogP contribution < -0.4 is 4.90 Å². The zero-order valence-corrected chi connectivity index (χ0v) is 17.7. The summed E-state index contributed by atoms with van der Waals surface area (Å²) in [6.45, 7) is 9.48. The van der Waals surface area contributed by atoms with Crippen LogP contribution in [0.3, 0.4) is 0 Å². The quantitative estimate of drug-likeness (QED) is 0.757. The van der Waals surface area contributed by atoms with E-state index < -0.39 is 5.41 Å². The van der Waals surface area contributed by atoms with Crippen LogP contribution in [-0.4, -0.2) is 60.9 Å². The molecule has 1 aliphatic rings. The molecule has 1 heterocycles. The second-order valence-electron chi connectivity index (χ2n) is 8.01. The Bertz CT molecular complexity index is 813. The van der Waals surface area contributed by atoms with E-state index in [2.05, 4.69) is 11.8 Å². The maximum atomic E-state index is 13.1. The molecule has 5 nitrogen and oxygen atoms in total. The third kappa shape index (κ3) is 4.78. The Kier molecular flexibility index (Phi) is 6.57. The molecule has 1 saturated heterocycles. The molecule has 3 rings (SSSR count). The summed E-state index contributed by atoms with van der Waals surface area (Å²) in [5, 5.41) is 0. The Morgan fingerprint density at radius 1 is 0.862 bits per heavy atom. The summed E-state index contributed by atoms with van der Waals surface area (Å²) in [5.74, 6) is 0.236. The average Bonchev–Trinajstić information content (AvgIpc) is 2.78. The number of para-hydroxylation sites is 1. The molecular weight excluding hydrogens is 362 g/mol. The molecule has 0 unspecified atom stereocenters. The molecule has 2 amide bonds. The monoisotopic (exact) mass is 393 g/mol. The minimum atomic E-state index is -0.570. The number of carbonyl (C=O) groups is 2. The van der Waals surface area contributed by atoms with Crippen molar-refractivity contribution in [3.05, 3.63) is 66.2 Å². The number of likely N-dealkylation sites (N-methyl/N-ethyl adjacent to an activating group) is 1. The number of amides is 2. The molecule has 2 aromatic carbocycles. The van der Waals surface area contributed by atoms with Crippen molar-refractivity contribution in [2.24, 2.45) is 0 Å². The van der Waals surface area contributed by atoms with Crippen LogP contribution in [-0.2, 0) is 15.0 Å². The van der Waals surface area contributed by atoms with Crippen molar-refractivity contribution < 1.29 is 9.59 Å². The van der Waals surface area contributed by atoms with Crippen molar-refractivity contribution in [2.45, 2.75) is 26.2 Å². The topological polar surface area (TPSA) is 43.9 Å². The number of nitrogens with zero attached hydrogens (tertiary/aromatic N) is 3. The third-order valence-electron chi connectivity index (χ3n) is 5.78. The summed E-state index contributed by atoms with van der Waals surface area (Å²) in [4.78, 5) is 31.8. The first-order valence-electron chi connectivity index (χ1n) is 10.4. The molecule has 0 radical (unpaired) electrons. The molecule has 29 heavy (non-hydrogen) atoms. The smallest absolute Gasteiger partial charge is 0.242 e. The highest BCUT2D eigenvalue weighted by Gasteiger charge is 2.35. The minimum Gasteiger partial charge on any atom is -0.362 e. The van der Waals surface area contributed by atoms with Crippen molar-refractivity contribution in [3.63, 3.8) is 0 Å². The van der Waals surface area contributed by atoms with E-state index >= 15 is 0 Å². The lowest BCUT2D eigenvalue weighted by Crippen LogP contribution is -2.55. The fourth-order valence-corrected chi connectivity index (χ4v) is 3.82. The van der Waals surface area contributed by atoms with Gasteiger partial charge in [0.2, 0.25) is 11.8 Å². The van der Waals surface area contributed by atoms with E-state index in [1.54, 1.807) is 0 Å². The molecule has 1 fully saturated rings. The number of anilines is 1. The van der Waals surface area contributed by atoms with E-state index in [1.165, 1.54) is 0 Å². The maximum Gasteiger partial charge on any atom is 0.242 e. The predicted octanol–water partition coefficient (Wildman–Crippen LogP) is 3.16. The van der Waals surface area contributed by atoms with Gasteiger partial charge in [-0.3, -0.25) is 9.59 Å². The van der Waals surface area contributed by atoms with Gasteiger partial charge >= 0.3 is 0 Å². The van der Waals surface area contributed by atoms with Gasteiger partial charge in [0.1, 0.15) is 0 Å². The van der Waals surface area contributed by atoms with Crippen molar-refractivity contribution in [1.82, 2.24) is 9.80 Å². The predicted molar refractivity (Wildman–Crippen MR) is 117 cm³/mol. The van der Waals surface area contributed by atoms with Gasteiger partial charge in [-0.25, -0.2) is 0 Å². The molecule has 0 N–H and O–H groups in total. The fraction of sp³-hybridized carbons (Fsp3) is 0.417. The van der Waals surface area contributed by atoms with Crippen molar-refractivity contribution in [1.29, 1.82) is 0 Å². The molecule has 0 aliphatic carbocycles. The fourth-order valence-electron chi connectivity index (χ4n) is 3.82. The van der Waals surface area contributed by atoms with Gasteiger partial charge < -0.3 is 14.7 Å². The van der Waals surface area contributed by atoms with Gasteiger partial charge in [0.05, 0.1) is 12.0 Å². The molecule has 0 aromatic heterocycles. The Hall–Kier alpha value is -2.82. The zero-order chi connectivity index (χ0) is 20.9. The standard InChI is InChI=1S/C24H31N3O2/c1-4-25(21-13-9-6-10-14-21)19-22(28)26-15-17-27(18-16-26)23(29)24(2,3)20-11-7-5-8-12-20/h5-14H,4,15-19H2,1-3H3. The highest BCUT2D eigenvalue weighted by Crippen LogP contribution is 2.26. The third-order valence-corrected chi connectivity index (χ3v) is 5.78. The van der Waals surface area contributed by atoms with Gasteiger partial charge in [-0.05, 0) is 38.5 Å². The average molecular weight is 394 g/mol. The first-order valence-corrected chi connectivity index (χ1v) is 10.4. The Morgan fingerprint density at radius 2 is 1.38 bits per heavy atom. The second-order valence-corrected chi connectivity index (χ2v) is 8.01. The number of carbonyl (C=O) groups excluding carboxylic acids is 2. The number of hydrogen-bond donors (Lipinski definition) is 0. The Balaban J connectivity index is 1.57. The zero-order valence-electron chi connectivity index (χ0n) is 17.7. The molecule has 0 bridgehead atoms. The van der Waals surface area contributed by atoms with E-state index in [0.717, 1.165) is 17.8 Å². The van der Waals surface area contributed by atoms with Crippen LogP contribution >= 0.6 is 0 Å². The minimum absolute atomic E-state index is 0.116. The molecule has 2 aromatic rings. The van der Waals surface area contributed by atoms with Crippen LogP contribution in [0.4, 0.5) is 5.69 Å². The van der Waals surface area contributed by atoms with Gasteiger partial charge in [-0.2, -0.15) is 0 Å². The van der Waals surface area contributed by atoms with Crippen molar-refractivity contribution >= 4 is 17.5 Å². The maximum absolute atomic E-state index is 13.1. The Morgan fingerprint density at radius 3 is 1.93 bits per heavy atom. The first-order chi connectivity index (χ1) is 13.9. The summed E-state index contributed by atoms with van der Waals surface area (Å²) < 4.78 is 0. The summed E-state index contributed by atoms with van der Waals surface area (Å²) >= 11 is 0. The van der Waals surface area contributed by atoms with E-state index in [0.29, 0.717) is 32.7 Å².